The van der Waals surface area contributed by atoms with Gasteiger partial charge in [-0.05, 0) is 36.1 Å². The van der Waals surface area contributed by atoms with E-state index >= 15 is 0 Å². The maximum absolute atomic E-state index is 12.7. The third-order valence-corrected chi connectivity index (χ3v) is 7.95. The van der Waals surface area contributed by atoms with Gasteiger partial charge in [0.05, 0.1) is 16.0 Å². The number of carbonyl (C=O) groups excluding carboxylic acids is 1. The first kappa shape index (κ1) is 18.2. The van der Waals surface area contributed by atoms with Gasteiger partial charge in [0.2, 0.25) is 5.91 Å². The normalized spacial score (nSPS) is 19.9. The summed E-state index contributed by atoms with van der Waals surface area (Å²) in [5, 5.41) is 0. The third-order valence-electron chi connectivity index (χ3n) is 5.79. The second kappa shape index (κ2) is 7.85. The lowest BCUT2D eigenvalue weighted by Crippen LogP contribution is -2.41. The smallest absolute Gasteiger partial charge is 0.233 e. The van der Waals surface area contributed by atoms with Gasteiger partial charge in [0.15, 0.2) is 4.34 Å². The molecule has 0 bridgehead atoms. The number of hydrogen-bond donors (Lipinski definition) is 0. The number of carbonyl (C=O) groups is 1. The zero-order valence-corrected chi connectivity index (χ0v) is 17.3. The topological polar surface area (TPSA) is 36.4 Å². The van der Waals surface area contributed by atoms with E-state index < -0.39 is 0 Å². The van der Waals surface area contributed by atoms with Gasteiger partial charge in [0.1, 0.15) is 0 Å². The molecule has 4 nitrogen and oxygen atoms in total. The van der Waals surface area contributed by atoms with Crippen LogP contribution in [0.1, 0.15) is 17.5 Å². The summed E-state index contributed by atoms with van der Waals surface area (Å²) in [5.74, 6) is 0.721. The highest BCUT2D eigenvalue weighted by Gasteiger charge is 2.31. The lowest BCUT2D eigenvalue weighted by Gasteiger charge is -2.33. The number of likely N-dealkylation sites (tertiary alicyclic amines) is 1. The van der Waals surface area contributed by atoms with Crippen LogP contribution in [0.2, 0.25) is 0 Å². The zero-order valence-electron chi connectivity index (χ0n) is 15.7. The molecular formula is C22H23N3OS2. The molecule has 144 valence electrons. The number of thiazole rings is 1. The molecule has 1 aromatic heterocycles. The van der Waals surface area contributed by atoms with E-state index in [1.807, 2.05) is 23.1 Å². The standard InChI is InChI=1S/C22H23N3OS2/c26-21(15-27-22-23-19-7-3-4-8-20(19)28-22)25-12-10-18(14-25)24-11-9-16-5-1-2-6-17(16)13-24/h1-8,18H,9-15H2. The first-order chi connectivity index (χ1) is 13.8. The predicted molar refractivity (Wildman–Crippen MR) is 116 cm³/mol. The monoisotopic (exact) mass is 409 g/mol. The minimum atomic E-state index is 0.240. The Bertz CT molecular complexity index is 969. The van der Waals surface area contributed by atoms with Gasteiger partial charge in [-0.1, -0.05) is 48.2 Å². The fourth-order valence-electron chi connectivity index (χ4n) is 4.22. The number of rotatable bonds is 4. The summed E-state index contributed by atoms with van der Waals surface area (Å²) in [7, 11) is 0. The van der Waals surface area contributed by atoms with Crippen LogP contribution in [0.4, 0.5) is 0 Å². The number of benzene rings is 2. The summed E-state index contributed by atoms with van der Waals surface area (Å²) in [6.45, 7) is 3.86. The average Bonchev–Trinajstić information content (AvgIpc) is 3.38. The Balaban J connectivity index is 1.16. The molecule has 1 fully saturated rings. The molecule has 1 atom stereocenters. The van der Waals surface area contributed by atoms with Crippen molar-refractivity contribution < 1.29 is 4.79 Å². The van der Waals surface area contributed by atoms with Gasteiger partial charge < -0.3 is 4.90 Å². The maximum atomic E-state index is 12.7. The summed E-state index contributed by atoms with van der Waals surface area (Å²) in [4.78, 5) is 22.0. The number of hydrogen-bond acceptors (Lipinski definition) is 5. The molecule has 0 spiro atoms. The van der Waals surface area contributed by atoms with E-state index in [9.17, 15) is 4.79 Å². The van der Waals surface area contributed by atoms with E-state index in [1.165, 1.54) is 15.8 Å². The quantitative estimate of drug-likeness (QED) is 0.609. The Morgan fingerprint density at radius 3 is 2.82 bits per heavy atom. The number of nitrogens with zero attached hydrogens (tertiary/aromatic N) is 3. The molecule has 5 rings (SSSR count). The fourth-order valence-corrected chi connectivity index (χ4v) is 6.19. The number of para-hydroxylation sites is 1. The second-order valence-electron chi connectivity index (χ2n) is 7.51. The fraction of sp³-hybridized carbons (Fsp3) is 0.364. The highest BCUT2D eigenvalue weighted by atomic mass is 32.2. The van der Waals surface area contributed by atoms with E-state index in [0.29, 0.717) is 11.8 Å². The molecule has 28 heavy (non-hydrogen) atoms. The third kappa shape index (κ3) is 3.69. The van der Waals surface area contributed by atoms with Gasteiger partial charge in [0.25, 0.3) is 0 Å². The predicted octanol–water partition coefficient (Wildman–Crippen LogP) is 4.05. The van der Waals surface area contributed by atoms with E-state index in [2.05, 4.69) is 40.2 Å². The van der Waals surface area contributed by atoms with Crippen molar-refractivity contribution >= 4 is 39.2 Å². The van der Waals surface area contributed by atoms with Crippen molar-refractivity contribution in [2.75, 3.05) is 25.4 Å². The molecule has 0 radical (unpaired) electrons. The van der Waals surface area contributed by atoms with Crippen LogP contribution >= 0.6 is 23.1 Å². The molecule has 1 amide bonds. The molecule has 6 heteroatoms. The Kier molecular flexibility index (Phi) is 5.09. The summed E-state index contributed by atoms with van der Waals surface area (Å²) in [6, 6.07) is 17.4. The molecule has 2 aliphatic heterocycles. The molecular weight excluding hydrogens is 386 g/mol. The van der Waals surface area contributed by atoms with Crippen LogP contribution in [0.15, 0.2) is 52.9 Å². The zero-order chi connectivity index (χ0) is 18.9. The number of fused-ring (bicyclic) bond motifs is 2. The highest BCUT2D eigenvalue weighted by Crippen LogP contribution is 2.30. The SMILES string of the molecule is O=C(CSc1nc2ccccc2s1)N1CCC(N2CCc3ccccc3C2)C1. The van der Waals surface area contributed by atoms with Crippen molar-refractivity contribution in [1.29, 1.82) is 0 Å². The van der Waals surface area contributed by atoms with Gasteiger partial charge in [-0.25, -0.2) is 4.98 Å². The molecule has 2 aromatic carbocycles. The van der Waals surface area contributed by atoms with Gasteiger partial charge in [0, 0.05) is 32.2 Å². The molecule has 0 aliphatic carbocycles. The number of aromatic nitrogens is 1. The van der Waals surface area contributed by atoms with Crippen LogP contribution in [0.25, 0.3) is 10.2 Å². The Morgan fingerprint density at radius 2 is 1.93 bits per heavy atom. The van der Waals surface area contributed by atoms with Crippen molar-refractivity contribution in [1.82, 2.24) is 14.8 Å². The summed E-state index contributed by atoms with van der Waals surface area (Å²) in [6.07, 6.45) is 2.20. The molecule has 2 aliphatic rings. The van der Waals surface area contributed by atoms with Crippen LogP contribution in [-0.2, 0) is 17.8 Å². The largest absolute Gasteiger partial charge is 0.340 e. The average molecular weight is 410 g/mol. The van der Waals surface area contributed by atoms with E-state index in [0.717, 1.165) is 48.9 Å². The van der Waals surface area contributed by atoms with Gasteiger partial charge in [-0.3, -0.25) is 9.69 Å². The van der Waals surface area contributed by atoms with Crippen LogP contribution in [0.3, 0.4) is 0 Å². The Labute approximate surface area is 173 Å². The Hall–Kier alpha value is -1.89. The van der Waals surface area contributed by atoms with E-state index in [4.69, 9.17) is 0 Å². The molecule has 1 saturated heterocycles. The van der Waals surface area contributed by atoms with Crippen LogP contribution in [-0.4, -0.2) is 52.1 Å². The van der Waals surface area contributed by atoms with Crippen molar-refractivity contribution in [2.24, 2.45) is 0 Å². The van der Waals surface area contributed by atoms with E-state index in [1.54, 1.807) is 23.1 Å². The van der Waals surface area contributed by atoms with Crippen LogP contribution in [0.5, 0.6) is 0 Å². The lowest BCUT2D eigenvalue weighted by molar-refractivity contribution is -0.127. The van der Waals surface area contributed by atoms with Crippen molar-refractivity contribution in [3.8, 4) is 0 Å². The summed E-state index contributed by atoms with van der Waals surface area (Å²) >= 11 is 3.24. The first-order valence-electron chi connectivity index (χ1n) is 9.83. The van der Waals surface area contributed by atoms with Crippen LogP contribution < -0.4 is 0 Å². The maximum Gasteiger partial charge on any atom is 0.233 e. The molecule has 3 aromatic rings. The van der Waals surface area contributed by atoms with Crippen molar-refractivity contribution in [2.45, 2.75) is 29.8 Å². The molecule has 1 unspecified atom stereocenters. The van der Waals surface area contributed by atoms with Gasteiger partial charge >= 0.3 is 0 Å². The summed E-state index contributed by atoms with van der Waals surface area (Å²) in [5.41, 5.74) is 3.95. The first-order valence-corrected chi connectivity index (χ1v) is 11.6. The van der Waals surface area contributed by atoms with Crippen molar-refractivity contribution in [3.63, 3.8) is 0 Å². The number of thioether (sulfide) groups is 1. The Morgan fingerprint density at radius 1 is 1.11 bits per heavy atom. The van der Waals surface area contributed by atoms with E-state index in [-0.39, 0.29) is 5.91 Å². The molecule has 0 saturated carbocycles. The molecule has 0 N–H and O–H groups in total. The van der Waals surface area contributed by atoms with Crippen molar-refractivity contribution in [3.05, 3.63) is 59.7 Å². The lowest BCUT2D eigenvalue weighted by atomic mass is 9.98. The number of amides is 1. The summed E-state index contributed by atoms with van der Waals surface area (Å²) < 4.78 is 2.17. The van der Waals surface area contributed by atoms with Gasteiger partial charge in [-0.15, -0.1) is 11.3 Å². The minimum Gasteiger partial charge on any atom is -0.340 e. The van der Waals surface area contributed by atoms with Crippen LogP contribution in [0, 0.1) is 0 Å². The minimum absolute atomic E-state index is 0.240. The molecule has 3 heterocycles. The highest BCUT2D eigenvalue weighted by molar-refractivity contribution is 8.01. The second-order valence-corrected chi connectivity index (χ2v) is 9.76. The van der Waals surface area contributed by atoms with Gasteiger partial charge in [-0.2, -0.15) is 0 Å².